The molecule has 6 nitrogen and oxygen atoms in total. The maximum absolute atomic E-state index is 13.0. The van der Waals surface area contributed by atoms with Gasteiger partial charge in [0.1, 0.15) is 13.2 Å². The minimum absolute atomic E-state index is 0.0881. The Morgan fingerprint density at radius 3 is 0.759 bits per heavy atom. The van der Waals surface area contributed by atoms with Gasteiger partial charge in [-0.25, -0.2) is 0 Å². The van der Waals surface area contributed by atoms with Crippen molar-refractivity contribution >= 4 is 17.9 Å². The molecule has 1 atom stereocenters. The van der Waals surface area contributed by atoms with Gasteiger partial charge in [0.15, 0.2) is 6.10 Å². The van der Waals surface area contributed by atoms with Gasteiger partial charge in [0.05, 0.1) is 0 Å². The maximum atomic E-state index is 13.0. The molecule has 83 heavy (non-hydrogen) atoms. The third-order valence-electron chi connectivity index (χ3n) is 15.5. The van der Waals surface area contributed by atoms with Gasteiger partial charge in [-0.2, -0.15) is 0 Å². The topological polar surface area (TPSA) is 78.9 Å². The first-order valence-corrected chi connectivity index (χ1v) is 35.7. The van der Waals surface area contributed by atoms with Crippen LogP contribution in [-0.4, -0.2) is 37.2 Å². The molecule has 0 radical (unpaired) electrons. The lowest BCUT2D eigenvalue weighted by Crippen LogP contribution is -2.30. The standard InChI is InChI=1S/C77H134O6/c1-4-7-10-13-16-19-22-25-28-31-34-36-38-40-43-46-49-52-55-58-61-64-67-70-76(79)82-73-74(72-81-75(78)69-66-63-60-57-54-51-48-45-42-33-30-27-24-21-18-15-12-9-6-3)83-77(80)71-68-65-62-59-56-53-50-47-44-41-39-37-35-32-29-26-23-20-17-14-11-8-5-2/h9,12,18,21-22,25,27,30-32,34-35,42,45,51,54,74H,4-8,10-11,13-17,19-20,23-24,26,28-29,33,36-41,43-44,46-50,52-53,55-73H2,1-3H3/b12-9-,21-18-,25-22-,30-27-,34-31-,35-32-,45-42-,54-51-. The van der Waals surface area contributed by atoms with E-state index in [2.05, 4.69) is 118 Å². The number of carbonyl (C=O) groups is 3. The lowest BCUT2D eigenvalue weighted by Gasteiger charge is -2.18. The molecule has 0 heterocycles. The van der Waals surface area contributed by atoms with E-state index in [0.717, 1.165) is 103 Å². The van der Waals surface area contributed by atoms with Crippen molar-refractivity contribution in [3.63, 3.8) is 0 Å². The molecule has 1 unspecified atom stereocenters. The van der Waals surface area contributed by atoms with Gasteiger partial charge >= 0.3 is 17.9 Å². The molecule has 0 fully saturated rings. The van der Waals surface area contributed by atoms with Crippen LogP contribution in [0.15, 0.2) is 97.2 Å². The minimum Gasteiger partial charge on any atom is -0.462 e. The van der Waals surface area contributed by atoms with Gasteiger partial charge in [-0.05, 0) is 122 Å². The second kappa shape index (κ2) is 70.8. The van der Waals surface area contributed by atoms with E-state index < -0.39 is 6.10 Å². The van der Waals surface area contributed by atoms with E-state index in [1.165, 1.54) is 212 Å². The van der Waals surface area contributed by atoms with E-state index in [-0.39, 0.29) is 31.1 Å². The van der Waals surface area contributed by atoms with E-state index in [0.29, 0.717) is 19.3 Å². The number of hydrogen-bond donors (Lipinski definition) is 0. The molecule has 0 aliphatic carbocycles. The number of esters is 3. The van der Waals surface area contributed by atoms with E-state index in [1.807, 2.05) is 0 Å². The Kier molecular flexibility index (Phi) is 67.7. The molecule has 0 aromatic rings. The van der Waals surface area contributed by atoms with Crippen LogP contribution >= 0.6 is 0 Å². The monoisotopic (exact) mass is 1160 g/mol. The first-order chi connectivity index (χ1) is 41.0. The molecule has 0 aromatic heterocycles. The average molecular weight is 1160 g/mol. The first kappa shape index (κ1) is 79.3. The summed E-state index contributed by atoms with van der Waals surface area (Å²) in [5.74, 6) is -0.908. The van der Waals surface area contributed by atoms with Crippen molar-refractivity contribution in [1.29, 1.82) is 0 Å². The highest BCUT2D eigenvalue weighted by Crippen LogP contribution is 2.17. The molecule has 6 heteroatoms. The van der Waals surface area contributed by atoms with Crippen LogP contribution in [0.3, 0.4) is 0 Å². The van der Waals surface area contributed by atoms with Crippen LogP contribution in [0.4, 0.5) is 0 Å². The van der Waals surface area contributed by atoms with Crippen molar-refractivity contribution in [2.24, 2.45) is 0 Å². The number of ether oxygens (including phenoxy) is 3. The highest BCUT2D eigenvalue weighted by Gasteiger charge is 2.19. The minimum atomic E-state index is -0.796. The fourth-order valence-corrected chi connectivity index (χ4v) is 10.2. The number of rotatable bonds is 65. The molecule has 478 valence electrons. The fraction of sp³-hybridized carbons (Fsp3) is 0.753. The van der Waals surface area contributed by atoms with E-state index in [1.54, 1.807) is 0 Å². The molecule has 0 saturated heterocycles. The summed E-state index contributed by atoms with van der Waals surface area (Å²) >= 11 is 0. The van der Waals surface area contributed by atoms with E-state index >= 15 is 0 Å². The molecular weight excluding hydrogens is 1020 g/mol. The van der Waals surface area contributed by atoms with Crippen LogP contribution in [0, 0.1) is 0 Å². The molecule has 0 amide bonds. The Morgan fingerprint density at radius 1 is 0.253 bits per heavy atom. The summed E-state index contributed by atoms with van der Waals surface area (Å²) in [5.41, 5.74) is 0. The Labute approximate surface area is 515 Å². The predicted molar refractivity (Wildman–Crippen MR) is 362 cm³/mol. The summed E-state index contributed by atoms with van der Waals surface area (Å²) < 4.78 is 17.0. The molecule has 0 aliphatic rings. The van der Waals surface area contributed by atoms with Gasteiger partial charge in [0, 0.05) is 19.3 Å². The lowest BCUT2D eigenvalue weighted by atomic mass is 10.0. The molecule has 0 aliphatic heterocycles. The summed E-state index contributed by atoms with van der Waals surface area (Å²) in [4.78, 5) is 38.5. The van der Waals surface area contributed by atoms with E-state index in [9.17, 15) is 14.4 Å². The smallest absolute Gasteiger partial charge is 0.306 e. The van der Waals surface area contributed by atoms with Crippen LogP contribution in [0.2, 0.25) is 0 Å². The molecule has 0 aromatic carbocycles. The quantitative estimate of drug-likeness (QED) is 0.0261. The summed E-state index contributed by atoms with van der Waals surface area (Å²) in [7, 11) is 0. The fourth-order valence-electron chi connectivity index (χ4n) is 10.2. The Bertz CT molecular complexity index is 1610. The van der Waals surface area contributed by atoms with Crippen molar-refractivity contribution in [3.8, 4) is 0 Å². The number of unbranched alkanes of at least 4 members (excludes halogenated alkanes) is 38. The van der Waals surface area contributed by atoms with Crippen LogP contribution in [0.25, 0.3) is 0 Å². The normalized spacial score (nSPS) is 12.7. The summed E-state index contributed by atoms with van der Waals surface area (Å²) in [6.07, 6.45) is 95.7. The Hall–Kier alpha value is -3.67. The van der Waals surface area contributed by atoms with E-state index in [4.69, 9.17) is 14.2 Å². The second-order valence-electron chi connectivity index (χ2n) is 23.8. The molecule has 0 rings (SSSR count). The molecule has 0 saturated carbocycles. The van der Waals surface area contributed by atoms with Gasteiger partial charge in [0.25, 0.3) is 0 Å². The summed E-state index contributed by atoms with van der Waals surface area (Å²) in [6.45, 7) is 6.53. The van der Waals surface area contributed by atoms with Crippen molar-refractivity contribution < 1.29 is 28.6 Å². The third-order valence-corrected chi connectivity index (χ3v) is 15.5. The highest BCUT2D eigenvalue weighted by molar-refractivity contribution is 5.71. The number of hydrogen-bond acceptors (Lipinski definition) is 6. The predicted octanol–water partition coefficient (Wildman–Crippen LogP) is 24.8. The largest absolute Gasteiger partial charge is 0.462 e. The van der Waals surface area contributed by atoms with Crippen molar-refractivity contribution in [2.45, 2.75) is 361 Å². The molecule has 0 spiro atoms. The molecular formula is C77H134O6. The van der Waals surface area contributed by atoms with Gasteiger partial charge in [0.2, 0.25) is 0 Å². The highest BCUT2D eigenvalue weighted by atomic mass is 16.6. The molecule has 0 N–H and O–H groups in total. The number of carbonyl (C=O) groups excluding carboxylic acids is 3. The van der Waals surface area contributed by atoms with Crippen LogP contribution in [0.1, 0.15) is 355 Å². The summed E-state index contributed by atoms with van der Waals surface area (Å²) in [5, 5.41) is 0. The average Bonchev–Trinajstić information content (AvgIpc) is 3.49. The van der Waals surface area contributed by atoms with Gasteiger partial charge in [-0.15, -0.1) is 0 Å². The first-order valence-electron chi connectivity index (χ1n) is 35.7. The van der Waals surface area contributed by atoms with Gasteiger partial charge in [-0.1, -0.05) is 311 Å². The van der Waals surface area contributed by atoms with Gasteiger partial charge in [-0.3, -0.25) is 14.4 Å². The lowest BCUT2D eigenvalue weighted by molar-refractivity contribution is -0.167. The van der Waals surface area contributed by atoms with Crippen molar-refractivity contribution in [1.82, 2.24) is 0 Å². The maximum Gasteiger partial charge on any atom is 0.306 e. The second-order valence-corrected chi connectivity index (χ2v) is 23.8. The molecule has 0 bridgehead atoms. The number of allylic oxidation sites excluding steroid dienone is 16. The van der Waals surface area contributed by atoms with Crippen molar-refractivity contribution in [3.05, 3.63) is 97.2 Å². The zero-order valence-corrected chi connectivity index (χ0v) is 54.9. The summed E-state index contributed by atoms with van der Waals surface area (Å²) in [6, 6.07) is 0. The van der Waals surface area contributed by atoms with Crippen LogP contribution in [0.5, 0.6) is 0 Å². The van der Waals surface area contributed by atoms with Gasteiger partial charge < -0.3 is 14.2 Å². The van der Waals surface area contributed by atoms with Crippen LogP contribution < -0.4 is 0 Å². The zero-order chi connectivity index (χ0) is 59.9. The Balaban J connectivity index is 4.40. The van der Waals surface area contributed by atoms with Crippen molar-refractivity contribution in [2.75, 3.05) is 13.2 Å². The van der Waals surface area contributed by atoms with Crippen LogP contribution in [-0.2, 0) is 28.6 Å². The Morgan fingerprint density at radius 2 is 0.470 bits per heavy atom. The third kappa shape index (κ3) is 69.0. The zero-order valence-electron chi connectivity index (χ0n) is 54.9. The SMILES string of the molecule is CC/C=C\C/C=C\C/C=C\C/C=C\C/C=C\CCCCCC(=O)OCC(COC(=O)CCCCCCCCCCCCC/C=C\C/C=C\CCCCCCC)OC(=O)CCCCCCCCCCCCC/C=C\CCCCCCCCCC.